The van der Waals surface area contributed by atoms with E-state index in [9.17, 15) is 9.59 Å². The highest BCUT2D eigenvalue weighted by Gasteiger charge is 2.50. The largest absolute Gasteiger partial charge is 0.338 e. The van der Waals surface area contributed by atoms with Crippen molar-refractivity contribution < 1.29 is 9.59 Å². The van der Waals surface area contributed by atoms with Gasteiger partial charge in [-0.15, -0.1) is 0 Å². The van der Waals surface area contributed by atoms with Crippen molar-refractivity contribution in [2.24, 2.45) is 5.41 Å². The zero-order chi connectivity index (χ0) is 19.0. The second kappa shape index (κ2) is 6.97. The number of nitrogens with zero attached hydrogens (tertiary/aromatic N) is 3. The highest BCUT2D eigenvalue weighted by molar-refractivity contribution is 6.31. The monoisotopic (exact) mass is 383 g/mol. The number of rotatable bonds is 2. The molecule has 2 aliphatic rings. The van der Waals surface area contributed by atoms with Gasteiger partial charge in [0.2, 0.25) is 5.91 Å². The maximum absolute atomic E-state index is 13.2. The molecule has 2 aromatic rings. The van der Waals surface area contributed by atoms with Crippen LogP contribution in [0.15, 0.2) is 42.7 Å². The molecule has 5 nitrogen and oxygen atoms in total. The average Bonchev–Trinajstić information content (AvgIpc) is 3.00. The molecule has 27 heavy (non-hydrogen) atoms. The van der Waals surface area contributed by atoms with E-state index in [1.807, 2.05) is 34.9 Å². The van der Waals surface area contributed by atoms with Crippen molar-refractivity contribution in [1.82, 2.24) is 9.88 Å². The van der Waals surface area contributed by atoms with Gasteiger partial charge in [-0.2, -0.15) is 0 Å². The van der Waals surface area contributed by atoms with Crippen LogP contribution in [0, 0.1) is 12.3 Å². The molecule has 6 heteroatoms. The first kappa shape index (κ1) is 18.0. The Hall–Kier alpha value is -2.40. The van der Waals surface area contributed by atoms with Crippen molar-refractivity contribution in [3.8, 4) is 0 Å². The molecule has 1 atom stereocenters. The Kier molecular flexibility index (Phi) is 4.64. The predicted octanol–water partition coefficient (Wildman–Crippen LogP) is 3.70. The maximum Gasteiger partial charge on any atom is 0.254 e. The third kappa shape index (κ3) is 3.10. The van der Waals surface area contributed by atoms with Gasteiger partial charge in [-0.1, -0.05) is 17.7 Å². The topological polar surface area (TPSA) is 53.5 Å². The van der Waals surface area contributed by atoms with Crippen LogP contribution in [0.25, 0.3) is 0 Å². The van der Waals surface area contributed by atoms with Crippen molar-refractivity contribution >= 4 is 29.1 Å². The SMILES string of the molecule is Cc1c(Cl)cccc1C(=O)N1CCCC2(CCN(c3cccnc3)C2=O)C1. The summed E-state index contributed by atoms with van der Waals surface area (Å²) in [5, 5.41) is 0.590. The van der Waals surface area contributed by atoms with E-state index in [-0.39, 0.29) is 11.8 Å². The Morgan fingerprint density at radius 1 is 1.19 bits per heavy atom. The second-order valence-electron chi connectivity index (χ2n) is 7.44. The summed E-state index contributed by atoms with van der Waals surface area (Å²) in [6, 6.07) is 9.14. The van der Waals surface area contributed by atoms with E-state index < -0.39 is 5.41 Å². The summed E-state index contributed by atoms with van der Waals surface area (Å²) in [7, 11) is 0. The summed E-state index contributed by atoms with van der Waals surface area (Å²) in [6.45, 7) is 3.67. The fourth-order valence-corrected chi connectivity index (χ4v) is 4.45. The number of likely N-dealkylation sites (tertiary alicyclic amines) is 1. The van der Waals surface area contributed by atoms with Crippen LogP contribution in [-0.4, -0.2) is 41.3 Å². The van der Waals surface area contributed by atoms with Crippen LogP contribution >= 0.6 is 11.6 Å². The average molecular weight is 384 g/mol. The molecule has 0 N–H and O–H groups in total. The Bertz CT molecular complexity index is 886. The maximum atomic E-state index is 13.2. The van der Waals surface area contributed by atoms with Crippen molar-refractivity contribution in [1.29, 1.82) is 0 Å². The molecular formula is C21H22ClN3O2. The second-order valence-corrected chi connectivity index (χ2v) is 7.85. The quantitative estimate of drug-likeness (QED) is 0.794. The van der Waals surface area contributed by atoms with Crippen LogP contribution in [0.3, 0.4) is 0 Å². The first-order valence-corrected chi connectivity index (χ1v) is 9.66. The molecule has 0 aliphatic carbocycles. The van der Waals surface area contributed by atoms with Gasteiger partial charge in [0.25, 0.3) is 5.91 Å². The number of pyridine rings is 1. The summed E-state index contributed by atoms with van der Waals surface area (Å²) in [6.07, 6.45) is 5.84. The summed E-state index contributed by atoms with van der Waals surface area (Å²) >= 11 is 6.19. The molecule has 140 valence electrons. The number of carbonyl (C=O) groups is 2. The Balaban J connectivity index is 1.57. The fourth-order valence-electron chi connectivity index (χ4n) is 4.27. The van der Waals surface area contributed by atoms with Gasteiger partial charge in [-0.25, -0.2) is 0 Å². The normalized spacial score (nSPS) is 22.5. The van der Waals surface area contributed by atoms with E-state index in [2.05, 4.69) is 4.98 Å². The fraction of sp³-hybridized carbons (Fsp3) is 0.381. The molecule has 0 saturated carbocycles. The van der Waals surface area contributed by atoms with Crippen LogP contribution in [0.4, 0.5) is 5.69 Å². The lowest BCUT2D eigenvalue weighted by atomic mass is 9.78. The van der Waals surface area contributed by atoms with Gasteiger partial charge in [0.15, 0.2) is 0 Å². The van der Waals surface area contributed by atoms with Gasteiger partial charge in [0.05, 0.1) is 17.3 Å². The minimum absolute atomic E-state index is 0.0401. The van der Waals surface area contributed by atoms with Gasteiger partial charge in [-0.05, 0) is 56.0 Å². The first-order chi connectivity index (χ1) is 13.0. The molecule has 3 heterocycles. The highest BCUT2D eigenvalue weighted by Crippen LogP contribution is 2.42. The molecule has 2 fully saturated rings. The van der Waals surface area contributed by atoms with E-state index >= 15 is 0 Å². The molecular weight excluding hydrogens is 362 g/mol. The zero-order valence-electron chi connectivity index (χ0n) is 15.3. The van der Waals surface area contributed by atoms with E-state index in [0.29, 0.717) is 30.2 Å². The standard InChI is InChI=1S/C21H22ClN3O2/c1-15-17(6-2-7-18(15)22)19(26)24-11-4-8-21(14-24)9-12-25(20(21)27)16-5-3-10-23-13-16/h2-3,5-7,10,13H,4,8-9,11-12,14H2,1H3. The van der Waals surface area contributed by atoms with Gasteiger partial charge >= 0.3 is 0 Å². The van der Waals surface area contributed by atoms with Crippen LogP contribution in [-0.2, 0) is 4.79 Å². The number of anilines is 1. The molecule has 4 rings (SSSR count). The minimum atomic E-state index is -0.490. The number of halogens is 1. The van der Waals surface area contributed by atoms with Crippen molar-refractivity contribution in [2.75, 3.05) is 24.5 Å². The van der Waals surface area contributed by atoms with Gasteiger partial charge in [0.1, 0.15) is 0 Å². The summed E-state index contributed by atoms with van der Waals surface area (Å²) in [5.74, 6) is 0.0671. The Morgan fingerprint density at radius 3 is 2.81 bits per heavy atom. The Morgan fingerprint density at radius 2 is 2.04 bits per heavy atom. The van der Waals surface area contributed by atoms with Crippen molar-refractivity contribution in [3.63, 3.8) is 0 Å². The van der Waals surface area contributed by atoms with Crippen LogP contribution in [0.2, 0.25) is 5.02 Å². The third-order valence-electron chi connectivity index (χ3n) is 5.83. The van der Waals surface area contributed by atoms with Gasteiger partial charge in [-0.3, -0.25) is 14.6 Å². The van der Waals surface area contributed by atoms with Crippen molar-refractivity contribution in [3.05, 3.63) is 58.9 Å². The highest BCUT2D eigenvalue weighted by atomic mass is 35.5. The molecule has 0 bridgehead atoms. The van der Waals surface area contributed by atoms with Crippen LogP contribution in [0.1, 0.15) is 35.2 Å². The number of aromatic nitrogens is 1. The number of piperidine rings is 1. The van der Waals surface area contributed by atoms with E-state index in [4.69, 9.17) is 11.6 Å². The van der Waals surface area contributed by atoms with Crippen LogP contribution in [0.5, 0.6) is 0 Å². The summed E-state index contributed by atoms with van der Waals surface area (Å²) in [4.78, 5) is 34.1. The smallest absolute Gasteiger partial charge is 0.254 e. The van der Waals surface area contributed by atoms with Gasteiger partial charge in [0, 0.05) is 36.4 Å². The molecule has 2 saturated heterocycles. The number of hydrogen-bond donors (Lipinski definition) is 0. The van der Waals surface area contributed by atoms with E-state index in [1.54, 1.807) is 24.5 Å². The molecule has 2 aliphatic heterocycles. The Labute approximate surface area is 163 Å². The lowest BCUT2D eigenvalue weighted by molar-refractivity contribution is -0.127. The predicted molar refractivity (Wildman–Crippen MR) is 105 cm³/mol. The van der Waals surface area contributed by atoms with Gasteiger partial charge < -0.3 is 9.80 Å². The lowest BCUT2D eigenvalue weighted by Crippen LogP contribution is -2.50. The summed E-state index contributed by atoms with van der Waals surface area (Å²) in [5.41, 5.74) is 1.75. The number of carbonyl (C=O) groups excluding carboxylic acids is 2. The number of benzene rings is 1. The first-order valence-electron chi connectivity index (χ1n) is 9.28. The summed E-state index contributed by atoms with van der Waals surface area (Å²) < 4.78 is 0. The molecule has 2 amide bonds. The minimum Gasteiger partial charge on any atom is -0.338 e. The van der Waals surface area contributed by atoms with E-state index in [1.165, 1.54) is 0 Å². The molecule has 1 spiro atoms. The number of amides is 2. The third-order valence-corrected chi connectivity index (χ3v) is 6.24. The molecule has 0 radical (unpaired) electrons. The molecule has 1 aromatic carbocycles. The lowest BCUT2D eigenvalue weighted by Gasteiger charge is -2.39. The van der Waals surface area contributed by atoms with Crippen molar-refractivity contribution in [2.45, 2.75) is 26.2 Å². The zero-order valence-corrected chi connectivity index (χ0v) is 16.1. The molecule has 1 aromatic heterocycles. The van der Waals surface area contributed by atoms with Crippen LogP contribution < -0.4 is 4.90 Å². The number of hydrogen-bond acceptors (Lipinski definition) is 3. The molecule has 1 unspecified atom stereocenters. The van der Waals surface area contributed by atoms with E-state index in [0.717, 1.165) is 30.5 Å².